The van der Waals surface area contributed by atoms with E-state index in [1.54, 1.807) is 11.8 Å². The van der Waals surface area contributed by atoms with Gasteiger partial charge in [-0.05, 0) is 32.3 Å². The van der Waals surface area contributed by atoms with Crippen molar-refractivity contribution in [3.63, 3.8) is 0 Å². The Morgan fingerprint density at radius 2 is 2.11 bits per heavy atom. The fourth-order valence-electron chi connectivity index (χ4n) is 2.82. The third-order valence-electron chi connectivity index (χ3n) is 3.94. The molecule has 0 bridgehead atoms. The molecule has 0 aromatic rings. The first-order chi connectivity index (χ1) is 8.50. The highest BCUT2D eigenvalue weighted by molar-refractivity contribution is 6.25. The molecule has 1 heterocycles. The van der Waals surface area contributed by atoms with Crippen LogP contribution in [0.2, 0.25) is 0 Å². The van der Waals surface area contributed by atoms with Crippen LogP contribution in [-0.4, -0.2) is 34.8 Å². The summed E-state index contributed by atoms with van der Waals surface area (Å²) >= 11 is 5.65. The van der Waals surface area contributed by atoms with Crippen molar-refractivity contribution < 1.29 is 9.59 Å². The molecule has 18 heavy (non-hydrogen) atoms. The second-order valence-corrected chi connectivity index (χ2v) is 5.56. The first kappa shape index (κ1) is 13.4. The van der Waals surface area contributed by atoms with Gasteiger partial charge in [-0.3, -0.25) is 9.59 Å². The van der Waals surface area contributed by atoms with Crippen LogP contribution in [0.3, 0.4) is 0 Å². The van der Waals surface area contributed by atoms with Gasteiger partial charge in [-0.2, -0.15) is 0 Å². The maximum absolute atomic E-state index is 12.6. The molecular weight excluding hydrogens is 252 g/mol. The number of amides is 2. The molecule has 0 radical (unpaired) electrons. The molecule has 2 fully saturated rings. The molecule has 4 nitrogen and oxygen atoms in total. The molecule has 1 atom stereocenters. The molecule has 100 valence electrons. The van der Waals surface area contributed by atoms with Crippen molar-refractivity contribution in [3.8, 4) is 0 Å². The molecule has 1 aliphatic heterocycles. The minimum atomic E-state index is -0.643. The Balaban J connectivity index is 2.25. The van der Waals surface area contributed by atoms with Gasteiger partial charge in [-0.15, -0.1) is 0 Å². The lowest BCUT2D eigenvalue weighted by Gasteiger charge is -2.43. The Hall–Kier alpha value is -1.03. The number of carbonyl (C=O) groups is 2. The van der Waals surface area contributed by atoms with Crippen LogP contribution in [-0.2, 0) is 9.59 Å². The number of hydrogen-bond donors (Lipinski definition) is 1. The predicted octanol–water partition coefficient (Wildman–Crippen LogP) is 1.79. The summed E-state index contributed by atoms with van der Waals surface area (Å²) in [6.45, 7) is 4.05. The number of hydrogen-bond acceptors (Lipinski definition) is 2. The summed E-state index contributed by atoms with van der Waals surface area (Å²) in [5, 5.41) is 2.93. The first-order valence-electron chi connectivity index (χ1n) is 6.39. The average molecular weight is 271 g/mol. The number of rotatable bonds is 2. The summed E-state index contributed by atoms with van der Waals surface area (Å²) in [4.78, 5) is 26.3. The highest BCUT2D eigenvalue weighted by Crippen LogP contribution is 2.34. The topological polar surface area (TPSA) is 49.4 Å². The molecule has 2 rings (SSSR count). The van der Waals surface area contributed by atoms with Crippen molar-refractivity contribution in [2.75, 3.05) is 6.54 Å². The fraction of sp³-hybridized carbons (Fsp3) is 0.692. The molecule has 5 heteroatoms. The van der Waals surface area contributed by atoms with Crippen molar-refractivity contribution >= 4 is 23.4 Å². The minimum absolute atomic E-state index is 0.0463. The maximum Gasteiger partial charge on any atom is 0.249 e. The van der Waals surface area contributed by atoms with Gasteiger partial charge in [0.1, 0.15) is 11.6 Å². The Bertz CT molecular complexity index is 400. The zero-order valence-corrected chi connectivity index (χ0v) is 11.6. The van der Waals surface area contributed by atoms with Gasteiger partial charge < -0.3 is 10.2 Å². The van der Waals surface area contributed by atoms with Crippen LogP contribution in [0.25, 0.3) is 0 Å². The second kappa shape index (κ2) is 4.92. The van der Waals surface area contributed by atoms with Crippen LogP contribution in [0.15, 0.2) is 11.1 Å². The van der Waals surface area contributed by atoms with E-state index in [1.165, 1.54) is 5.54 Å². The van der Waals surface area contributed by atoms with Crippen molar-refractivity contribution in [2.45, 2.75) is 51.1 Å². The number of carbonyl (C=O) groups excluding carboxylic acids is 2. The average Bonchev–Trinajstić information content (AvgIpc) is 2.81. The summed E-state index contributed by atoms with van der Waals surface area (Å²) in [6.07, 6.45) is 3.51. The summed E-state index contributed by atoms with van der Waals surface area (Å²) in [5.41, 5.74) is 1.71. The standard InChI is InChI=1S/C13H19ClN2O2/c1-9(7-14)8-16-10(2)11(17)15-13(12(16)18)5-3-4-6-13/h7,10H,3-6,8H2,1-2H3,(H,15,17). The predicted molar refractivity (Wildman–Crippen MR) is 70.1 cm³/mol. The van der Waals surface area contributed by atoms with E-state index < -0.39 is 11.6 Å². The van der Waals surface area contributed by atoms with Crippen molar-refractivity contribution in [1.29, 1.82) is 0 Å². The molecule has 1 spiro atoms. The van der Waals surface area contributed by atoms with E-state index in [1.807, 2.05) is 6.92 Å². The van der Waals surface area contributed by atoms with Gasteiger partial charge in [0.05, 0.1) is 0 Å². The quantitative estimate of drug-likeness (QED) is 0.832. The van der Waals surface area contributed by atoms with Crippen LogP contribution < -0.4 is 5.32 Å². The van der Waals surface area contributed by atoms with E-state index in [9.17, 15) is 9.59 Å². The largest absolute Gasteiger partial charge is 0.340 e. The molecule has 1 saturated carbocycles. The zero-order chi connectivity index (χ0) is 13.3. The third kappa shape index (κ3) is 2.14. The van der Waals surface area contributed by atoms with Gasteiger partial charge in [0.15, 0.2) is 0 Å². The molecule has 0 aromatic heterocycles. The van der Waals surface area contributed by atoms with E-state index in [2.05, 4.69) is 5.32 Å². The molecule has 2 amide bonds. The normalized spacial score (nSPS) is 27.8. The van der Waals surface area contributed by atoms with E-state index in [0.717, 1.165) is 31.3 Å². The fourth-order valence-corrected chi connectivity index (χ4v) is 2.88. The van der Waals surface area contributed by atoms with Gasteiger partial charge in [-0.1, -0.05) is 24.4 Å². The highest BCUT2D eigenvalue weighted by Gasteiger charge is 2.50. The highest BCUT2D eigenvalue weighted by atomic mass is 35.5. The maximum atomic E-state index is 12.6. The van der Waals surface area contributed by atoms with Crippen molar-refractivity contribution in [2.24, 2.45) is 0 Å². The monoisotopic (exact) mass is 270 g/mol. The van der Waals surface area contributed by atoms with Crippen molar-refractivity contribution in [1.82, 2.24) is 10.2 Å². The molecular formula is C13H19ClN2O2. The summed E-state index contributed by atoms with van der Waals surface area (Å²) < 4.78 is 0. The molecule has 1 aliphatic carbocycles. The number of piperazine rings is 1. The minimum Gasteiger partial charge on any atom is -0.340 e. The number of nitrogens with one attached hydrogen (secondary N) is 1. The third-order valence-corrected chi connectivity index (χ3v) is 4.32. The van der Waals surface area contributed by atoms with Crippen LogP contribution in [0.4, 0.5) is 0 Å². The Morgan fingerprint density at radius 3 is 2.67 bits per heavy atom. The lowest BCUT2D eigenvalue weighted by atomic mass is 9.91. The second-order valence-electron chi connectivity index (χ2n) is 5.34. The molecule has 0 aromatic carbocycles. The Kier molecular flexibility index (Phi) is 3.66. The van der Waals surface area contributed by atoms with Gasteiger partial charge in [0, 0.05) is 12.1 Å². The van der Waals surface area contributed by atoms with Crippen LogP contribution in [0, 0.1) is 0 Å². The van der Waals surface area contributed by atoms with E-state index in [-0.39, 0.29) is 11.8 Å². The summed E-state index contributed by atoms with van der Waals surface area (Å²) in [7, 11) is 0. The number of nitrogens with zero attached hydrogens (tertiary/aromatic N) is 1. The summed E-state index contributed by atoms with van der Waals surface area (Å²) in [5.74, 6) is -0.0103. The van der Waals surface area contributed by atoms with Gasteiger partial charge in [-0.25, -0.2) is 0 Å². The van der Waals surface area contributed by atoms with Crippen LogP contribution >= 0.6 is 11.6 Å². The lowest BCUT2D eigenvalue weighted by Crippen LogP contribution is -2.68. The zero-order valence-electron chi connectivity index (χ0n) is 10.8. The Labute approximate surface area is 112 Å². The van der Waals surface area contributed by atoms with E-state index >= 15 is 0 Å². The van der Waals surface area contributed by atoms with E-state index in [0.29, 0.717) is 6.54 Å². The molecule has 1 saturated heterocycles. The lowest BCUT2D eigenvalue weighted by molar-refractivity contribution is -0.153. The molecule has 2 aliphatic rings. The summed E-state index contributed by atoms with van der Waals surface area (Å²) in [6, 6.07) is -0.421. The smallest absolute Gasteiger partial charge is 0.249 e. The Morgan fingerprint density at radius 1 is 1.50 bits per heavy atom. The van der Waals surface area contributed by atoms with Gasteiger partial charge >= 0.3 is 0 Å². The SMILES string of the molecule is CC(=CCl)CN1C(=O)C2(CCCC2)NC(=O)C1C. The van der Waals surface area contributed by atoms with Gasteiger partial charge in [0.2, 0.25) is 11.8 Å². The van der Waals surface area contributed by atoms with Crippen LogP contribution in [0.1, 0.15) is 39.5 Å². The van der Waals surface area contributed by atoms with Gasteiger partial charge in [0.25, 0.3) is 0 Å². The first-order valence-corrected chi connectivity index (χ1v) is 6.83. The van der Waals surface area contributed by atoms with E-state index in [4.69, 9.17) is 11.6 Å². The number of halogens is 1. The molecule has 1 unspecified atom stereocenters. The molecule has 1 N–H and O–H groups in total. The van der Waals surface area contributed by atoms with Crippen molar-refractivity contribution in [3.05, 3.63) is 11.1 Å². The van der Waals surface area contributed by atoms with Crippen LogP contribution in [0.5, 0.6) is 0 Å².